The second-order valence-corrected chi connectivity index (χ2v) is 6.11. The molecule has 0 saturated carbocycles. The van der Waals surface area contributed by atoms with Crippen LogP contribution in [0, 0.1) is 11.6 Å². The number of benzene rings is 2. The summed E-state index contributed by atoms with van der Waals surface area (Å²) in [5.74, 6) is -1.54. The fourth-order valence-electron chi connectivity index (χ4n) is 2.67. The molecule has 0 spiro atoms. The number of amides is 1. The largest absolute Gasteiger partial charge is 0.382 e. The van der Waals surface area contributed by atoms with Crippen LogP contribution in [0.25, 0.3) is 11.3 Å². The number of nitrogens with two attached hydrogens (primary N) is 1. The van der Waals surface area contributed by atoms with Crippen LogP contribution in [0.15, 0.2) is 48.7 Å². The molecule has 0 bridgehead atoms. The summed E-state index contributed by atoms with van der Waals surface area (Å²) in [6.45, 7) is 0.730. The molecule has 0 aliphatic rings. The number of carbonyl (C=O) groups is 1. The lowest BCUT2D eigenvalue weighted by Crippen LogP contribution is -2.21. The Balaban J connectivity index is 1.73. The summed E-state index contributed by atoms with van der Waals surface area (Å²) in [6.07, 6.45) is 1.50. The van der Waals surface area contributed by atoms with E-state index in [0.717, 1.165) is 17.2 Å². The summed E-state index contributed by atoms with van der Waals surface area (Å²) in [4.78, 5) is 20.2. The van der Waals surface area contributed by atoms with Gasteiger partial charge in [-0.05, 0) is 17.7 Å². The second kappa shape index (κ2) is 8.53. The molecule has 0 atom stereocenters. The average Bonchev–Trinajstić information content (AvgIpc) is 2.69. The van der Waals surface area contributed by atoms with Gasteiger partial charge in [0.25, 0.3) is 5.91 Å². The van der Waals surface area contributed by atoms with Crippen molar-refractivity contribution in [3.8, 4) is 11.3 Å². The Morgan fingerprint density at radius 3 is 2.71 bits per heavy atom. The molecule has 1 amide bonds. The maximum absolute atomic E-state index is 13.7. The Labute approximate surface area is 160 Å². The van der Waals surface area contributed by atoms with Crippen LogP contribution < -0.4 is 16.4 Å². The molecule has 144 valence electrons. The van der Waals surface area contributed by atoms with E-state index in [9.17, 15) is 13.6 Å². The molecule has 0 saturated heterocycles. The zero-order valence-electron chi connectivity index (χ0n) is 15.2. The van der Waals surface area contributed by atoms with E-state index in [4.69, 9.17) is 5.73 Å². The van der Waals surface area contributed by atoms with Crippen LogP contribution in [-0.2, 0) is 13.1 Å². The molecule has 8 heteroatoms. The lowest BCUT2D eigenvalue weighted by Gasteiger charge is -2.09. The molecule has 2 aromatic carbocycles. The van der Waals surface area contributed by atoms with Crippen LogP contribution in [0.2, 0.25) is 0 Å². The van der Waals surface area contributed by atoms with Crippen molar-refractivity contribution in [1.82, 2.24) is 20.6 Å². The topological polar surface area (TPSA) is 92.9 Å². The molecule has 28 heavy (non-hydrogen) atoms. The number of nitrogen functional groups attached to an aromatic ring is 1. The third-order valence-electron chi connectivity index (χ3n) is 4.13. The van der Waals surface area contributed by atoms with E-state index >= 15 is 0 Å². The van der Waals surface area contributed by atoms with Gasteiger partial charge in [0.05, 0.1) is 11.9 Å². The molecule has 0 aliphatic heterocycles. The summed E-state index contributed by atoms with van der Waals surface area (Å²) in [6, 6.07) is 11.0. The average molecular weight is 383 g/mol. The Morgan fingerprint density at radius 2 is 1.96 bits per heavy atom. The molecule has 1 heterocycles. The van der Waals surface area contributed by atoms with Crippen molar-refractivity contribution in [3.05, 3.63) is 77.1 Å². The monoisotopic (exact) mass is 383 g/mol. The Morgan fingerprint density at radius 1 is 1.14 bits per heavy atom. The number of carbonyl (C=O) groups excluding carboxylic acids is 1. The summed E-state index contributed by atoms with van der Waals surface area (Å²) >= 11 is 0. The highest BCUT2D eigenvalue weighted by molar-refractivity contribution is 5.96. The number of nitrogens with zero attached hydrogens (tertiary/aromatic N) is 2. The minimum Gasteiger partial charge on any atom is -0.382 e. The van der Waals surface area contributed by atoms with Gasteiger partial charge in [-0.3, -0.25) is 4.79 Å². The van der Waals surface area contributed by atoms with Gasteiger partial charge in [-0.2, -0.15) is 0 Å². The van der Waals surface area contributed by atoms with Gasteiger partial charge in [-0.25, -0.2) is 18.7 Å². The fraction of sp³-hybridized carbons (Fsp3) is 0.150. The Kier molecular flexibility index (Phi) is 5.90. The molecule has 0 radical (unpaired) electrons. The number of hydrogen-bond acceptors (Lipinski definition) is 5. The summed E-state index contributed by atoms with van der Waals surface area (Å²) in [5.41, 5.74) is 8.38. The molecule has 0 aliphatic carbocycles. The van der Waals surface area contributed by atoms with Crippen LogP contribution in [0.4, 0.5) is 14.6 Å². The maximum Gasteiger partial charge on any atom is 0.273 e. The standard InChI is InChI=1S/C20H19F2N5O/c1-24-20(28)18-19(23)26-11-17(27-18)13-4-2-3-12(7-13)9-25-10-14-5-6-15(21)8-16(14)22/h2-8,11,25H,9-10H2,1H3,(H2,23,26)(H,24,28). The van der Waals surface area contributed by atoms with Crippen molar-refractivity contribution in [3.63, 3.8) is 0 Å². The van der Waals surface area contributed by atoms with Gasteiger partial charge >= 0.3 is 0 Å². The van der Waals surface area contributed by atoms with Crippen LogP contribution in [0.5, 0.6) is 0 Å². The second-order valence-electron chi connectivity index (χ2n) is 6.11. The minimum absolute atomic E-state index is 0.0576. The predicted octanol–water partition coefficient (Wildman–Crippen LogP) is 2.65. The first-order valence-electron chi connectivity index (χ1n) is 8.56. The predicted molar refractivity (Wildman–Crippen MR) is 102 cm³/mol. The van der Waals surface area contributed by atoms with Gasteiger partial charge < -0.3 is 16.4 Å². The lowest BCUT2D eigenvalue weighted by molar-refractivity contribution is 0.0959. The number of anilines is 1. The molecule has 1 aromatic heterocycles. The molecular weight excluding hydrogens is 364 g/mol. The third kappa shape index (κ3) is 4.47. The van der Waals surface area contributed by atoms with E-state index in [0.29, 0.717) is 17.8 Å². The normalized spacial score (nSPS) is 10.7. The highest BCUT2D eigenvalue weighted by Gasteiger charge is 2.13. The van der Waals surface area contributed by atoms with Crippen molar-refractivity contribution in [2.45, 2.75) is 13.1 Å². The van der Waals surface area contributed by atoms with Crippen molar-refractivity contribution in [2.24, 2.45) is 0 Å². The number of hydrogen-bond donors (Lipinski definition) is 3. The number of aromatic nitrogens is 2. The van der Waals surface area contributed by atoms with Gasteiger partial charge in [-0.1, -0.05) is 24.3 Å². The van der Waals surface area contributed by atoms with Crippen molar-refractivity contribution in [1.29, 1.82) is 0 Å². The van der Waals surface area contributed by atoms with Gasteiger partial charge in [0.1, 0.15) is 11.6 Å². The number of halogens is 2. The molecule has 4 N–H and O–H groups in total. The minimum atomic E-state index is -0.602. The van der Waals surface area contributed by atoms with E-state index in [1.165, 1.54) is 25.4 Å². The Hall–Kier alpha value is -3.39. The number of rotatable bonds is 6. The molecule has 0 unspecified atom stereocenters. The summed E-state index contributed by atoms with van der Waals surface area (Å²) in [5, 5.41) is 5.60. The Bertz CT molecular complexity index is 1010. The van der Waals surface area contributed by atoms with Gasteiger partial charge in [0.2, 0.25) is 0 Å². The van der Waals surface area contributed by atoms with E-state index in [1.54, 1.807) is 0 Å². The van der Waals surface area contributed by atoms with E-state index in [-0.39, 0.29) is 18.1 Å². The van der Waals surface area contributed by atoms with E-state index in [1.807, 2.05) is 24.3 Å². The van der Waals surface area contributed by atoms with E-state index < -0.39 is 17.5 Å². The summed E-state index contributed by atoms with van der Waals surface area (Å²) < 4.78 is 26.7. The number of nitrogens with one attached hydrogen (secondary N) is 2. The third-order valence-corrected chi connectivity index (χ3v) is 4.13. The van der Waals surface area contributed by atoms with Crippen molar-refractivity contribution >= 4 is 11.7 Å². The van der Waals surface area contributed by atoms with Crippen LogP contribution in [0.3, 0.4) is 0 Å². The first-order chi connectivity index (χ1) is 13.5. The smallest absolute Gasteiger partial charge is 0.273 e. The van der Waals surface area contributed by atoms with Crippen LogP contribution in [-0.4, -0.2) is 22.9 Å². The lowest BCUT2D eigenvalue weighted by atomic mass is 10.1. The molecule has 3 aromatic rings. The zero-order chi connectivity index (χ0) is 20.1. The highest BCUT2D eigenvalue weighted by Crippen LogP contribution is 2.20. The summed E-state index contributed by atoms with van der Waals surface area (Å²) in [7, 11) is 1.49. The quantitative estimate of drug-likeness (QED) is 0.609. The van der Waals surface area contributed by atoms with E-state index in [2.05, 4.69) is 20.6 Å². The molecule has 6 nitrogen and oxygen atoms in total. The molecule has 3 rings (SSSR count). The van der Waals surface area contributed by atoms with Crippen molar-refractivity contribution in [2.75, 3.05) is 12.8 Å². The van der Waals surface area contributed by atoms with Crippen LogP contribution in [0.1, 0.15) is 21.6 Å². The SMILES string of the molecule is CNC(=O)c1nc(-c2cccc(CNCc3ccc(F)cc3F)c2)cnc1N. The fourth-order valence-corrected chi connectivity index (χ4v) is 2.67. The van der Waals surface area contributed by atoms with Crippen molar-refractivity contribution < 1.29 is 13.6 Å². The highest BCUT2D eigenvalue weighted by atomic mass is 19.1. The first kappa shape index (κ1) is 19.4. The van der Waals surface area contributed by atoms with Gasteiger partial charge in [0, 0.05) is 37.3 Å². The van der Waals surface area contributed by atoms with Gasteiger partial charge in [0.15, 0.2) is 11.5 Å². The van der Waals surface area contributed by atoms with Crippen LogP contribution >= 0.6 is 0 Å². The molecule has 0 fully saturated rings. The molecular formula is C20H19F2N5O. The van der Waals surface area contributed by atoms with Gasteiger partial charge in [-0.15, -0.1) is 0 Å². The first-order valence-corrected chi connectivity index (χ1v) is 8.56. The maximum atomic E-state index is 13.7. The zero-order valence-corrected chi connectivity index (χ0v) is 15.2.